The van der Waals surface area contributed by atoms with Gasteiger partial charge in [-0.05, 0) is 24.3 Å². The normalized spacial score (nSPS) is 16.2. The van der Waals surface area contributed by atoms with Gasteiger partial charge in [0.25, 0.3) is 0 Å². The van der Waals surface area contributed by atoms with Crippen molar-refractivity contribution < 1.29 is 4.79 Å². The van der Waals surface area contributed by atoms with Crippen LogP contribution in [0.5, 0.6) is 0 Å². The maximum atomic E-state index is 12.6. The first kappa shape index (κ1) is 19.5. The summed E-state index contributed by atoms with van der Waals surface area (Å²) in [6, 6.07) is 10.2. The lowest BCUT2D eigenvalue weighted by Crippen LogP contribution is -2.50. The molecule has 1 saturated carbocycles. The van der Waals surface area contributed by atoms with Crippen molar-refractivity contribution in [3.05, 3.63) is 35.9 Å². The fraction of sp³-hybridized carbons (Fsp3) is 0.619. The zero-order valence-corrected chi connectivity index (χ0v) is 15.8. The van der Waals surface area contributed by atoms with Crippen molar-refractivity contribution in [2.45, 2.75) is 64.8 Å². The summed E-state index contributed by atoms with van der Waals surface area (Å²) in [5.74, 6) is 1.15. The lowest BCUT2D eigenvalue weighted by molar-refractivity contribution is -0.119. The van der Waals surface area contributed by atoms with Gasteiger partial charge in [0, 0.05) is 19.0 Å². The number of hydrogen-bond acceptors (Lipinski definition) is 2. The number of nitrogens with one attached hydrogen (secondary N) is 2. The molecule has 1 aromatic rings. The molecular formula is C21H33N3O. The summed E-state index contributed by atoms with van der Waals surface area (Å²) in [4.78, 5) is 14.6. The number of rotatable bonds is 8. The Balaban J connectivity index is 1.97. The molecule has 0 aliphatic heterocycles. The highest BCUT2D eigenvalue weighted by molar-refractivity contribution is 5.87. The van der Waals surface area contributed by atoms with Crippen LogP contribution in [0.25, 0.3) is 0 Å². The topological polar surface area (TPSA) is 56.2 Å². The van der Waals surface area contributed by atoms with Gasteiger partial charge in [-0.2, -0.15) is 0 Å². The Bertz CT molecular complexity index is 537. The molecule has 1 aromatic carbocycles. The van der Waals surface area contributed by atoms with Crippen LogP contribution in [-0.2, 0) is 11.2 Å². The van der Waals surface area contributed by atoms with Crippen LogP contribution in [-0.4, -0.2) is 35.8 Å². The van der Waals surface area contributed by atoms with Crippen LogP contribution >= 0.6 is 0 Å². The summed E-state index contributed by atoms with van der Waals surface area (Å²) in [5, 5.41) is 11.7. The largest absolute Gasteiger partial charge is 0.356 e. The molecule has 0 aromatic heterocycles. The lowest BCUT2D eigenvalue weighted by Gasteiger charge is -2.36. The standard InChI is InChI=1S/C21H33N3O/c1-3-17(2)15-23-21(22)24(19-12-8-5-9-13-19)16-20(25)14-18-10-6-4-7-11-18/h4,6-7,10-11,17,19H,3,5,8-9,12-16H2,1-2H3,(H2,22,23)/t17-/m0/s1. The number of carbonyl (C=O) groups excluding carboxylic acids is 1. The highest BCUT2D eigenvalue weighted by Gasteiger charge is 2.25. The van der Waals surface area contributed by atoms with Crippen LogP contribution in [0.3, 0.4) is 0 Å². The number of Topliss-reactive ketones (excluding diaryl/α,β-unsaturated/α-hetero) is 1. The van der Waals surface area contributed by atoms with E-state index in [9.17, 15) is 4.79 Å². The van der Waals surface area contributed by atoms with Gasteiger partial charge in [-0.1, -0.05) is 69.9 Å². The maximum absolute atomic E-state index is 12.6. The number of carbonyl (C=O) groups is 1. The summed E-state index contributed by atoms with van der Waals surface area (Å²) in [6.45, 7) is 5.49. The second-order valence-electron chi connectivity index (χ2n) is 7.36. The van der Waals surface area contributed by atoms with Crippen LogP contribution in [0.4, 0.5) is 0 Å². The van der Waals surface area contributed by atoms with Crippen LogP contribution in [0.1, 0.15) is 57.9 Å². The van der Waals surface area contributed by atoms with Crippen molar-refractivity contribution in [2.24, 2.45) is 5.92 Å². The first-order valence-electron chi connectivity index (χ1n) is 9.74. The molecule has 0 amide bonds. The highest BCUT2D eigenvalue weighted by Crippen LogP contribution is 2.22. The third-order valence-electron chi connectivity index (χ3n) is 5.21. The number of ketones is 1. The van der Waals surface area contributed by atoms with E-state index in [-0.39, 0.29) is 5.78 Å². The number of nitrogens with zero attached hydrogens (tertiary/aromatic N) is 1. The van der Waals surface area contributed by atoms with Gasteiger partial charge in [0.2, 0.25) is 0 Å². The van der Waals surface area contributed by atoms with E-state index < -0.39 is 0 Å². The molecular weight excluding hydrogens is 310 g/mol. The van der Waals surface area contributed by atoms with Crippen LogP contribution in [0.2, 0.25) is 0 Å². The molecule has 4 heteroatoms. The van der Waals surface area contributed by atoms with E-state index in [4.69, 9.17) is 5.41 Å². The Labute approximate surface area is 152 Å². The monoisotopic (exact) mass is 343 g/mol. The Morgan fingerprint density at radius 3 is 2.56 bits per heavy atom. The van der Waals surface area contributed by atoms with Crippen molar-refractivity contribution in [3.8, 4) is 0 Å². The maximum Gasteiger partial charge on any atom is 0.191 e. The minimum Gasteiger partial charge on any atom is -0.356 e. The van der Waals surface area contributed by atoms with E-state index >= 15 is 0 Å². The fourth-order valence-corrected chi connectivity index (χ4v) is 3.37. The quantitative estimate of drug-likeness (QED) is 0.554. The molecule has 1 aliphatic rings. The molecule has 138 valence electrons. The van der Waals surface area contributed by atoms with Crippen LogP contribution in [0.15, 0.2) is 30.3 Å². The molecule has 0 unspecified atom stereocenters. The second-order valence-corrected chi connectivity index (χ2v) is 7.36. The van der Waals surface area contributed by atoms with Crippen LogP contribution < -0.4 is 5.32 Å². The summed E-state index contributed by atoms with van der Waals surface area (Å²) in [7, 11) is 0. The Hall–Kier alpha value is -1.84. The van der Waals surface area contributed by atoms with E-state index in [1.165, 1.54) is 19.3 Å². The van der Waals surface area contributed by atoms with Gasteiger partial charge in [-0.15, -0.1) is 0 Å². The van der Waals surface area contributed by atoms with Crippen molar-refractivity contribution in [3.63, 3.8) is 0 Å². The molecule has 0 bridgehead atoms. The molecule has 4 nitrogen and oxygen atoms in total. The van der Waals surface area contributed by atoms with E-state index in [1.54, 1.807) is 0 Å². The van der Waals surface area contributed by atoms with E-state index in [0.717, 1.165) is 31.4 Å². The second kappa shape index (κ2) is 10.2. The molecule has 0 heterocycles. The Morgan fingerprint density at radius 2 is 1.92 bits per heavy atom. The third kappa shape index (κ3) is 6.52. The average molecular weight is 344 g/mol. The molecule has 1 aliphatic carbocycles. The summed E-state index contributed by atoms with van der Waals surface area (Å²) < 4.78 is 0. The van der Waals surface area contributed by atoms with Gasteiger partial charge in [0.15, 0.2) is 11.7 Å². The zero-order chi connectivity index (χ0) is 18.1. The van der Waals surface area contributed by atoms with Gasteiger partial charge < -0.3 is 10.2 Å². The van der Waals surface area contributed by atoms with Crippen molar-refractivity contribution in [1.29, 1.82) is 5.41 Å². The Morgan fingerprint density at radius 1 is 1.24 bits per heavy atom. The van der Waals surface area contributed by atoms with E-state index in [2.05, 4.69) is 19.2 Å². The third-order valence-corrected chi connectivity index (χ3v) is 5.21. The minimum absolute atomic E-state index is 0.187. The first-order chi connectivity index (χ1) is 12.1. The number of hydrogen-bond donors (Lipinski definition) is 2. The highest BCUT2D eigenvalue weighted by atomic mass is 16.1. The molecule has 0 radical (unpaired) electrons. The predicted octanol–water partition coefficient (Wildman–Crippen LogP) is 4.00. The summed E-state index contributed by atoms with van der Waals surface area (Å²) >= 11 is 0. The van der Waals surface area contributed by atoms with Gasteiger partial charge >= 0.3 is 0 Å². The molecule has 0 spiro atoms. The Kier molecular flexibility index (Phi) is 7.96. The molecule has 2 rings (SSSR count). The average Bonchev–Trinajstić information content (AvgIpc) is 2.65. The molecule has 2 N–H and O–H groups in total. The van der Waals surface area contributed by atoms with Gasteiger partial charge in [0.05, 0.1) is 6.54 Å². The summed E-state index contributed by atoms with van der Waals surface area (Å²) in [5.41, 5.74) is 1.05. The first-order valence-corrected chi connectivity index (χ1v) is 9.74. The summed E-state index contributed by atoms with van der Waals surface area (Å²) in [6.07, 6.45) is 7.40. The molecule has 1 fully saturated rings. The number of guanidine groups is 1. The van der Waals surface area contributed by atoms with Crippen LogP contribution in [0, 0.1) is 11.3 Å². The SMILES string of the molecule is CC[C@H](C)CNC(=N)N(CC(=O)Cc1ccccc1)C1CCCCC1. The molecule has 1 atom stereocenters. The predicted molar refractivity (Wildman–Crippen MR) is 104 cm³/mol. The van der Waals surface area contributed by atoms with Crippen molar-refractivity contribution in [1.82, 2.24) is 10.2 Å². The molecule has 0 saturated heterocycles. The van der Waals surface area contributed by atoms with Crippen molar-refractivity contribution in [2.75, 3.05) is 13.1 Å². The smallest absolute Gasteiger partial charge is 0.191 e. The lowest BCUT2D eigenvalue weighted by atomic mass is 9.94. The molecule has 25 heavy (non-hydrogen) atoms. The van der Waals surface area contributed by atoms with Gasteiger partial charge in [-0.3, -0.25) is 10.2 Å². The van der Waals surface area contributed by atoms with E-state index in [0.29, 0.717) is 30.9 Å². The van der Waals surface area contributed by atoms with Gasteiger partial charge in [-0.25, -0.2) is 0 Å². The van der Waals surface area contributed by atoms with E-state index in [1.807, 2.05) is 35.2 Å². The van der Waals surface area contributed by atoms with Crippen molar-refractivity contribution >= 4 is 11.7 Å². The fourth-order valence-electron chi connectivity index (χ4n) is 3.37. The minimum atomic E-state index is 0.187. The van der Waals surface area contributed by atoms with Gasteiger partial charge in [0.1, 0.15) is 0 Å². The number of benzene rings is 1. The zero-order valence-electron chi connectivity index (χ0n) is 15.8.